The third kappa shape index (κ3) is 3.20. The minimum Gasteiger partial charge on any atom is -0.366 e. The predicted molar refractivity (Wildman–Crippen MR) is 98.4 cm³/mol. The number of hydroxylamine groups is 1. The van der Waals surface area contributed by atoms with Crippen molar-refractivity contribution in [1.29, 1.82) is 0 Å². The Hall–Kier alpha value is -2.72. The maximum atomic E-state index is 12.5. The number of Topliss-reactive ketones (excluding diaryl/α,β-unsaturated/α-hetero) is 1. The van der Waals surface area contributed by atoms with Crippen LogP contribution in [0.1, 0.15) is 45.7 Å². The van der Waals surface area contributed by atoms with E-state index in [9.17, 15) is 9.59 Å². The standard InChI is InChI=1S/C22H21NO3/c1-14(15-6-3-2-4-7-15)23-26-22(25)17-12-10-16(11-13-17)21(24)20-18-8-5-9-19(18)20/h2-8,10-14,18-20,23H,9H2,1H3/q+1/t14-,18-,19+,20-/m1/s1. The van der Waals surface area contributed by atoms with Crippen molar-refractivity contribution in [1.82, 2.24) is 5.48 Å². The minimum atomic E-state index is -0.460. The Kier molecular flexibility index (Phi) is 4.43. The van der Waals surface area contributed by atoms with Gasteiger partial charge in [0.05, 0.1) is 23.1 Å². The van der Waals surface area contributed by atoms with E-state index < -0.39 is 5.97 Å². The zero-order chi connectivity index (χ0) is 18.1. The molecule has 0 unspecified atom stereocenters. The van der Waals surface area contributed by atoms with E-state index in [-0.39, 0.29) is 17.7 Å². The molecule has 0 aromatic heterocycles. The minimum absolute atomic E-state index is 0.108. The van der Waals surface area contributed by atoms with Crippen molar-refractivity contribution in [2.75, 3.05) is 0 Å². The molecule has 131 valence electrons. The zero-order valence-corrected chi connectivity index (χ0v) is 14.6. The van der Waals surface area contributed by atoms with Crippen molar-refractivity contribution >= 4 is 11.8 Å². The maximum Gasteiger partial charge on any atom is 0.478 e. The van der Waals surface area contributed by atoms with Gasteiger partial charge in [0, 0.05) is 0 Å². The molecule has 1 N–H and O–H groups in total. The van der Waals surface area contributed by atoms with Crippen molar-refractivity contribution < 1.29 is 14.4 Å². The lowest BCUT2D eigenvalue weighted by molar-refractivity contribution is 0.0169. The molecular weight excluding hydrogens is 326 g/mol. The Morgan fingerprint density at radius 2 is 1.81 bits per heavy atom. The summed E-state index contributed by atoms with van der Waals surface area (Å²) < 4.78 is 0. The molecule has 2 aromatic carbocycles. The van der Waals surface area contributed by atoms with Crippen molar-refractivity contribution in [3.8, 4) is 0 Å². The van der Waals surface area contributed by atoms with Gasteiger partial charge in [0.15, 0.2) is 0 Å². The molecule has 0 spiro atoms. The van der Waals surface area contributed by atoms with E-state index in [0.717, 1.165) is 12.0 Å². The largest absolute Gasteiger partial charge is 0.478 e. The van der Waals surface area contributed by atoms with Crippen LogP contribution in [0.4, 0.5) is 0 Å². The molecule has 1 saturated carbocycles. The topological polar surface area (TPSA) is 58.2 Å². The van der Waals surface area contributed by atoms with Gasteiger partial charge in [-0.25, -0.2) is 4.79 Å². The summed E-state index contributed by atoms with van der Waals surface area (Å²) >= 11 is 0. The first-order valence-electron chi connectivity index (χ1n) is 8.98. The molecule has 2 aromatic rings. The van der Waals surface area contributed by atoms with Gasteiger partial charge in [-0.1, -0.05) is 42.5 Å². The van der Waals surface area contributed by atoms with Gasteiger partial charge in [0.2, 0.25) is 4.79 Å². The second kappa shape index (κ2) is 6.89. The zero-order valence-electron chi connectivity index (χ0n) is 14.6. The summed E-state index contributed by atoms with van der Waals surface area (Å²) in [6.07, 6.45) is 5.32. The SMILES string of the molecule is C[C@@H](NOC(=O)c1ccc(C(=[O+])[C@@H]2[C@@H]3C=CC[C@@H]32)cc1)c1ccccc1. The number of nitrogens with one attached hydrogen (secondary N) is 1. The van der Waals surface area contributed by atoms with Gasteiger partial charge in [-0.15, -0.1) is 5.48 Å². The molecule has 0 saturated heterocycles. The molecule has 1 radical (unpaired) electrons. The molecule has 2 aliphatic carbocycles. The highest BCUT2D eigenvalue weighted by atomic mass is 16.7. The van der Waals surface area contributed by atoms with Gasteiger partial charge in [0.25, 0.3) is 0 Å². The Balaban J connectivity index is 1.34. The Morgan fingerprint density at radius 3 is 2.46 bits per heavy atom. The van der Waals surface area contributed by atoms with E-state index in [2.05, 4.69) is 17.6 Å². The lowest BCUT2D eigenvalue weighted by Gasteiger charge is -2.13. The highest BCUT2D eigenvalue weighted by Crippen LogP contribution is 2.54. The van der Waals surface area contributed by atoms with Crippen molar-refractivity contribution in [3.63, 3.8) is 0 Å². The van der Waals surface area contributed by atoms with Crippen LogP contribution in [0.5, 0.6) is 0 Å². The predicted octanol–water partition coefficient (Wildman–Crippen LogP) is 4.11. The Labute approximate surface area is 152 Å². The summed E-state index contributed by atoms with van der Waals surface area (Å²) in [4.78, 5) is 29.9. The fourth-order valence-corrected chi connectivity index (χ4v) is 3.70. The summed E-state index contributed by atoms with van der Waals surface area (Å²) in [6.45, 7) is 1.92. The van der Waals surface area contributed by atoms with Crippen LogP contribution in [0.2, 0.25) is 0 Å². The number of hydrogen-bond acceptors (Lipinski definition) is 4. The van der Waals surface area contributed by atoms with E-state index >= 15 is 0 Å². The smallest absolute Gasteiger partial charge is 0.366 e. The number of carbonyl (C=O) groups is 2. The van der Waals surface area contributed by atoms with Crippen LogP contribution in [0.3, 0.4) is 0 Å². The molecule has 0 bridgehead atoms. The molecule has 0 aliphatic heterocycles. The van der Waals surface area contributed by atoms with Crippen LogP contribution in [-0.2, 0) is 4.84 Å². The first kappa shape index (κ1) is 16.7. The third-order valence-corrected chi connectivity index (χ3v) is 5.33. The molecule has 0 heterocycles. The summed E-state index contributed by atoms with van der Waals surface area (Å²) in [5.41, 5.74) is 4.89. The molecule has 0 amide bonds. The van der Waals surface area contributed by atoms with E-state index in [1.54, 1.807) is 24.3 Å². The summed E-state index contributed by atoms with van der Waals surface area (Å²) in [7, 11) is 0. The summed E-state index contributed by atoms with van der Waals surface area (Å²) in [6, 6.07) is 16.4. The van der Waals surface area contributed by atoms with Crippen molar-refractivity contribution in [2.45, 2.75) is 19.4 Å². The Morgan fingerprint density at radius 1 is 1.12 bits per heavy atom. The van der Waals surface area contributed by atoms with E-state index in [1.807, 2.05) is 37.3 Å². The van der Waals surface area contributed by atoms with Crippen molar-refractivity contribution in [3.05, 3.63) is 83.4 Å². The van der Waals surface area contributed by atoms with Gasteiger partial charge < -0.3 is 4.84 Å². The molecule has 2 aliphatic rings. The highest BCUT2D eigenvalue weighted by Gasteiger charge is 2.60. The second-order valence-corrected chi connectivity index (χ2v) is 7.01. The molecule has 4 rings (SSSR count). The number of hydrogen-bond donors (Lipinski definition) is 1. The van der Waals surface area contributed by atoms with Crippen LogP contribution in [-0.4, -0.2) is 11.8 Å². The first-order chi connectivity index (χ1) is 12.6. The van der Waals surface area contributed by atoms with Gasteiger partial charge in [-0.05, 0) is 55.0 Å². The van der Waals surface area contributed by atoms with Gasteiger partial charge in [-0.2, -0.15) is 0 Å². The normalized spacial score (nSPS) is 24.0. The summed E-state index contributed by atoms with van der Waals surface area (Å²) in [5, 5.41) is 0. The van der Waals surface area contributed by atoms with E-state index in [4.69, 9.17) is 4.84 Å². The van der Waals surface area contributed by atoms with Gasteiger partial charge >= 0.3 is 11.8 Å². The number of benzene rings is 2. The van der Waals surface area contributed by atoms with Crippen LogP contribution in [0.15, 0.2) is 66.7 Å². The van der Waals surface area contributed by atoms with E-state index in [0.29, 0.717) is 23.0 Å². The number of ketones is 1. The van der Waals surface area contributed by atoms with Gasteiger partial charge in [-0.3, -0.25) is 0 Å². The van der Waals surface area contributed by atoms with Crippen LogP contribution >= 0.6 is 0 Å². The van der Waals surface area contributed by atoms with Crippen LogP contribution in [0.25, 0.3) is 0 Å². The number of allylic oxidation sites excluding steroid dienone is 2. The first-order valence-corrected chi connectivity index (χ1v) is 8.98. The lowest BCUT2D eigenvalue weighted by atomic mass is 10.0. The molecule has 4 atom stereocenters. The molecular formula is C22H21NO3+. The fourth-order valence-electron chi connectivity index (χ4n) is 3.70. The molecule has 26 heavy (non-hydrogen) atoms. The average Bonchev–Trinajstić information content (AvgIpc) is 3.17. The number of fused-ring (bicyclic) bond motifs is 1. The third-order valence-electron chi connectivity index (χ3n) is 5.33. The van der Waals surface area contributed by atoms with Crippen LogP contribution in [0, 0.1) is 17.8 Å². The quantitative estimate of drug-likeness (QED) is 0.370. The lowest BCUT2D eigenvalue weighted by Crippen LogP contribution is -2.23. The fraction of sp³-hybridized carbons (Fsp3) is 0.273. The summed E-state index contributed by atoms with van der Waals surface area (Å²) in [5.74, 6) is 0.774. The molecule has 4 heteroatoms. The van der Waals surface area contributed by atoms with Gasteiger partial charge in [0.1, 0.15) is 0 Å². The monoisotopic (exact) mass is 347 g/mol. The maximum absolute atomic E-state index is 12.5. The van der Waals surface area contributed by atoms with E-state index in [1.165, 1.54) is 0 Å². The average molecular weight is 347 g/mol. The Bertz CT molecular complexity index is 841. The highest BCUT2D eigenvalue weighted by molar-refractivity contribution is 6.01. The van der Waals surface area contributed by atoms with Crippen LogP contribution < -0.4 is 5.48 Å². The number of rotatable bonds is 6. The second-order valence-electron chi connectivity index (χ2n) is 7.01. The van der Waals surface area contributed by atoms with Crippen molar-refractivity contribution in [2.24, 2.45) is 17.8 Å². The molecule has 1 fully saturated rings. The number of carbonyl (C=O) groups excluding carboxylic acids is 2. The molecule has 4 nitrogen and oxygen atoms in total.